The van der Waals surface area contributed by atoms with E-state index in [0.29, 0.717) is 29.9 Å². The van der Waals surface area contributed by atoms with Gasteiger partial charge in [-0.25, -0.2) is 4.98 Å². The summed E-state index contributed by atoms with van der Waals surface area (Å²) < 4.78 is 0. The van der Waals surface area contributed by atoms with Crippen LogP contribution in [0.4, 0.5) is 11.8 Å². The average Bonchev–Trinajstić information content (AvgIpc) is 2.73. The molecule has 1 atom stereocenters. The van der Waals surface area contributed by atoms with Gasteiger partial charge in [0.1, 0.15) is 5.52 Å². The van der Waals surface area contributed by atoms with Crippen molar-refractivity contribution >= 4 is 22.9 Å². The molecule has 2 aromatic heterocycles. The summed E-state index contributed by atoms with van der Waals surface area (Å²) in [6.45, 7) is 4.22. The summed E-state index contributed by atoms with van der Waals surface area (Å²) in [6, 6.07) is 0. The second kappa shape index (κ2) is 4.77. The van der Waals surface area contributed by atoms with Crippen LogP contribution < -0.4 is 11.1 Å². The van der Waals surface area contributed by atoms with E-state index in [1.54, 1.807) is 6.92 Å². The molecule has 0 aliphatic heterocycles. The molecule has 0 spiro atoms. The van der Waals surface area contributed by atoms with E-state index in [1.807, 2.05) is 6.92 Å². The monoisotopic (exact) mass is 250 g/mol. The van der Waals surface area contributed by atoms with Crippen molar-refractivity contribution in [2.24, 2.45) is 0 Å². The lowest BCUT2D eigenvalue weighted by molar-refractivity contribution is 0.0636. The molecular formula is C11H18N6O. The molecule has 2 rings (SSSR count). The molecule has 0 amide bonds. The highest BCUT2D eigenvalue weighted by atomic mass is 16.3. The topological polar surface area (TPSA) is 113 Å². The maximum Gasteiger partial charge on any atom is 0.224 e. The number of H-pyrrole nitrogens is 1. The van der Waals surface area contributed by atoms with Crippen LogP contribution in [-0.4, -0.2) is 37.2 Å². The van der Waals surface area contributed by atoms with Crippen LogP contribution in [-0.2, 0) is 0 Å². The number of nitrogens with zero attached hydrogens (tertiary/aromatic N) is 3. The van der Waals surface area contributed by atoms with Gasteiger partial charge in [-0.2, -0.15) is 9.97 Å². The second-order valence-electron chi connectivity index (χ2n) is 4.63. The molecule has 0 radical (unpaired) electrons. The van der Waals surface area contributed by atoms with E-state index in [-0.39, 0.29) is 5.95 Å². The third kappa shape index (κ3) is 2.67. The fraction of sp³-hybridized carbons (Fsp3) is 0.545. The van der Waals surface area contributed by atoms with Gasteiger partial charge in [0.15, 0.2) is 11.5 Å². The van der Waals surface area contributed by atoms with Crippen LogP contribution >= 0.6 is 0 Å². The minimum Gasteiger partial charge on any atom is -0.388 e. The highest BCUT2D eigenvalue weighted by Gasteiger charge is 2.19. The van der Waals surface area contributed by atoms with E-state index in [2.05, 4.69) is 25.3 Å². The molecule has 18 heavy (non-hydrogen) atoms. The van der Waals surface area contributed by atoms with Gasteiger partial charge in [-0.15, -0.1) is 0 Å². The summed E-state index contributed by atoms with van der Waals surface area (Å²) in [4.78, 5) is 15.1. The van der Waals surface area contributed by atoms with Gasteiger partial charge in [-0.1, -0.05) is 13.3 Å². The zero-order valence-electron chi connectivity index (χ0n) is 10.6. The number of anilines is 2. The number of nitrogens with one attached hydrogen (secondary N) is 2. The minimum atomic E-state index is -0.777. The Hall–Kier alpha value is -1.89. The normalized spacial score (nSPS) is 14.6. The zero-order chi connectivity index (χ0) is 13.2. The first kappa shape index (κ1) is 12.6. The fourth-order valence-corrected chi connectivity index (χ4v) is 1.88. The van der Waals surface area contributed by atoms with Crippen LogP contribution in [0.25, 0.3) is 11.2 Å². The van der Waals surface area contributed by atoms with E-state index >= 15 is 0 Å². The Morgan fingerprint density at radius 1 is 1.50 bits per heavy atom. The first-order chi connectivity index (χ1) is 8.52. The number of aromatic nitrogens is 4. The molecule has 0 aliphatic rings. The molecule has 0 bridgehead atoms. The van der Waals surface area contributed by atoms with Crippen molar-refractivity contribution in [2.75, 3.05) is 17.6 Å². The van der Waals surface area contributed by atoms with Gasteiger partial charge in [0.05, 0.1) is 11.9 Å². The highest BCUT2D eigenvalue weighted by molar-refractivity contribution is 5.83. The van der Waals surface area contributed by atoms with E-state index in [0.717, 1.165) is 6.42 Å². The van der Waals surface area contributed by atoms with Gasteiger partial charge in [-0.05, 0) is 13.3 Å². The summed E-state index contributed by atoms with van der Waals surface area (Å²) in [5, 5.41) is 13.2. The van der Waals surface area contributed by atoms with Crippen LogP contribution in [0.2, 0.25) is 0 Å². The number of hydrogen-bond acceptors (Lipinski definition) is 6. The Bertz CT molecular complexity index is 535. The summed E-state index contributed by atoms with van der Waals surface area (Å²) in [5.41, 5.74) is 6.03. The average molecular weight is 250 g/mol. The second-order valence-corrected chi connectivity index (χ2v) is 4.63. The van der Waals surface area contributed by atoms with Gasteiger partial charge in [0.25, 0.3) is 0 Å². The Morgan fingerprint density at radius 2 is 2.28 bits per heavy atom. The van der Waals surface area contributed by atoms with Crippen LogP contribution in [0, 0.1) is 0 Å². The number of nitrogen functional groups attached to an aromatic ring is 1. The van der Waals surface area contributed by atoms with Crippen molar-refractivity contribution in [1.29, 1.82) is 0 Å². The van der Waals surface area contributed by atoms with E-state index in [4.69, 9.17) is 5.73 Å². The molecule has 0 aliphatic carbocycles. The zero-order valence-corrected chi connectivity index (χ0v) is 10.6. The first-order valence-corrected chi connectivity index (χ1v) is 5.94. The number of aliphatic hydroxyl groups is 1. The lowest BCUT2D eigenvalue weighted by Gasteiger charge is -2.23. The maximum absolute atomic E-state index is 10.1. The number of rotatable bonds is 5. The fourth-order valence-electron chi connectivity index (χ4n) is 1.88. The number of hydrogen-bond donors (Lipinski definition) is 4. The van der Waals surface area contributed by atoms with Gasteiger partial charge in [0, 0.05) is 6.54 Å². The van der Waals surface area contributed by atoms with E-state index in [1.165, 1.54) is 6.33 Å². The highest BCUT2D eigenvalue weighted by Crippen LogP contribution is 2.19. The molecule has 2 heterocycles. The molecule has 0 fully saturated rings. The predicted molar refractivity (Wildman–Crippen MR) is 70.1 cm³/mol. The Kier molecular flexibility index (Phi) is 3.33. The van der Waals surface area contributed by atoms with E-state index in [9.17, 15) is 5.11 Å². The molecule has 7 nitrogen and oxygen atoms in total. The van der Waals surface area contributed by atoms with Gasteiger partial charge >= 0.3 is 0 Å². The molecule has 0 aromatic carbocycles. The maximum atomic E-state index is 10.1. The van der Waals surface area contributed by atoms with Crippen molar-refractivity contribution in [1.82, 2.24) is 19.9 Å². The third-order valence-corrected chi connectivity index (χ3v) is 2.73. The Labute approximate surface area is 105 Å². The summed E-state index contributed by atoms with van der Waals surface area (Å²) in [5.74, 6) is 0.721. The van der Waals surface area contributed by atoms with Crippen LogP contribution in [0.5, 0.6) is 0 Å². The summed E-state index contributed by atoms with van der Waals surface area (Å²) in [6.07, 6.45) is 3.17. The minimum absolute atomic E-state index is 0.159. The molecule has 2 aromatic rings. The van der Waals surface area contributed by atoms with Crippen LogP contribution in [0.1, 0.15) is 26.7 Å². The number of aromatic amines is 1. The van der Waals surface area contributed by atoms with Gasteiger partial charge in [0.2, 0.25) is 5.95 Å². The molecule has 0 saturated carbocycles. The Balaban J connectivity index is 2.19. The standard InChI is InChI=1S/C11H18N6O/c1-3-4-11(2,18)5-13-8-7-9(15-6-14-7)17-10(12)16-8/h6,18H,3-5H2,1-2H3,(H4,12,13,14,15,16,17). The molecular weight excluding hydrogens is 232 g/mol. The van der Waals surface area contributed by atoms with Crippen molar-refractivity contribution in [3.05, 3.63) is 6.33 Å². The lowest BCUT2D eigenvalue weighted by Crippen LogP contribution is -2.33. The summed E-state index contributed by atoms with van der Waals surface area (Å²) in [7, 11) is 0. The van der Waals surface area contributed by atoms with Crippen molar-refractivity contribution in [2.45, 2.75) is 32.3 Å². The predicted octanol–water partition coefficient (Wildman–Crippen LogP) is 0.898. The van der Waals surface area contributed by atoms with Crippen LogP contribution in [0.15, 0.2) is 6.33 Å². The summed E-state index contributed by atoms with van der Waals surface area (Å²) >= 11 is 0. The molecule has 5 N–H and O–H groups in total. The number of nitrogens with two attached hydrogens (primary N) is 1. The largest absolute Gasteiger partial charge is 0.388 e. The quantitative estimate of drug-likeness (QED) is 0.627. The third-order valence-electron chi connectivity index (χ3n) is 2.73. The van der Waals surface area contributed by atoms with Gasteiger partial charge < -0.3 is 21.1 Å². The lowest BCUT2D eigenvalue weighted by atomic mass is 10.0. The van der Waals surface area contributed by atoms with E-state index < -0.39 is 5.60 Å². The smallest absolute Gasteiger partial charge is 0.224 e. The van der Waals surface area contributed by atoms with Crippen LogP contribution in [0.3, 0.4) is 0 Å². The molecule has 0 saturated heterocycles. The SMILES string of the molecule is CCCC(C)(O)CNc1nc(N)nc2nc[nH]c12. The number of imidazole rings is 1. The number of fused-ring (bicyclic) bond motifs is 1. The van der Waals surface area contributed by atoms with Gasteiger partial charge in [-0.3, -0.25) is 0 Å². The van der Waals surface area contributed by atoms with Crippen molar-refractivity contribution < 1.29 is 5.11 Å². The molecule has 98 valence electrons. The van der Waals surface area contributed by atoms with Crippen molar-refractivity contribution in [3.63, 3.8) is 0 Å². The molecule has 1 unspecified atom stereocenters. The first-order valence-electron chi connectivity index (χ1n) is 5.94. The molecule has 7 heteroatoms. The Morgan fingerprint density at radius 3 is 3.00 bits per heavy atom. The van der Waals surface area contributed by atoms with Crippen molar-refractivity contribution in [3.8, 4) is 0 Å².